The molecule has 2 aromatic heterocycles. The van der Waals surface area contributed by atoms with Crippen molar-refractivity contribution in [3.63, 3.8) is 0 Å². The van der Waals surface area contributed by atoms with Gasteiger partial charge in [0.25, 0.3) is 0 Å². The maximum atomic E-state index is 14.2. The first-order chi connectivity index (χ1) is 23.1. The number of aromatic nitrogens is 3. The molecule has 4 heterocycles. The molecular weight excluding hydrogens is 729 g/mol. The molecule has 2 unspecified atom stereocenters. The number of thiazole rings is 1. The summed E-state index contributed by atoms with van der Waals surface area (Å²) in [6, 6.07) is 5.26. The zero-order valence-corrected chi connectivity index (χ0v) is 27.2. The Bertz CT molecular complexity index is 1990. The SMILES string of the molecule is O=S(=O)(c1ccc(C(F)(F)F)cc1)N1CCN(c2nc3nc(C4CC4)nc(Cl)c3s2)C[C@@H]1C1OC1NCc1ccc(OC(F)(F)F)c(F)c1. The van der Waals surface area contributed by atoms with Crippen LogP contribution < -0.4 is 15.0 Å². The number of rotatable bonds is 9. The summed E-state index contributed by atoms with van der Waals surface area (Å²) in [5.74, 6) is -1.38. The highest BCUT2D eigenvalue weighted by atomic mass is 35.5. The summed E-state index contributed by atoms with van der Waals surface area (Å²) in [5, 5.41) is 3.77. The third-order valence-electron chi connectivity index (χ3n) is 8.22. The van der Waals surface area contributed by atoms with Crippen LogP contribution in [0.3, 0.4) is 0 Å². The van der Waals surface area contributed by atoms with Crippen LogP contribution in [0, 0.1) is 5.82 Å². The fraction of sp³-hybridized carbons (Fsp3) is 0.414. The minimum absolute atomic E-state index is 0.0508. The van der Waals surface area contributed by atoms with E-state index in [1.54, 1.807) is 0 Å². The number of hydrogen-bond acceptors (Lipinski definition) is 10. The molecule has 4 aromatic rings. The van der Waals surface area contributed by atoms with Crippen LogP contribution in [0.4, 0.5) is 35.9 Å². The Kier molecular flexibility index (Phi) is 8.66. The molecule has 2 aromatic carbocycles. The van der Waals surface area contributed by atoms with Crippen LogP contribution >= 0.6 is 22.9 Å². The number of sulfonamides is 1. The van der Waals surface area contributed by atoms with Gasteiger partial charge in [-0.05, 0) is 54.8 Å². The van der Waals surface area contributed by atoms with E-state index in [4.69, 9.17) is 16.3 Å². The average molecular weight is 753 g/mol. The summed E-state index contributed by atoms with van der Waals surface area (Å²) in [5.41, 5.74) is -0.322. The molecule has 3 fully saturated rings. The van der Waals surface area contributed by atoms with E-state index in [0.29, 0.717) is 33.4 Å². The molecule has 10 nitrogen and oxygen atoms in total. The number of anilines is 1. The van der Waals surface area contributed by atoms with Gasteiger partial charge in [0.15, 0.2) is 27.5 Å². The number of fused-ring (bicyclic) bond motifs is 1. The van der Waals surface area contributed by atoms with Crippen LogP contribution in [0.25, 0.3) is 10.3 Å². The number of piperazine rings is 1. The molecule has 1 aliphatic carbocycles. The number of halogens is 8. The van der Waals surface area contributed by atoms with E-state index in [2.05, 4.69) is 25.0 Å². The lowest BCUT2D eigenvalue weighted by atomic mass is 10.1. The second-order valence-corrected chi connectivity index (χ2v) is 14.9. The summed E-state index contributed by atoms with van der Waals surface area (Å²) in [4.78, 5) is 15.1. The number of nitrogens with zero attached hydrogens (tertiary/aromatic N) is 5. The van der Waals surface area contributed by atoms with E-state index < -0.39 is 58.1 Å². The zero-order valence-electron chi connectivity index (χ0n) is 24.8. The maximum Gasteiger partial charge on any atom is 0.573 e. The van der Waals surface area contributed by atoms with Crippen LogP contribution in [-0.2, 0) is 27.5 Å². The summed E-state index contributed by atoms with van der Waals surface area (Å²) in [6.45, 7) is 0.119. The molecule has 0 radical (unpaired) electrons. The van der Waals surface area contributed by atoms with E-state index in [0.717, 1.165) is 37.1 Å². The molecule has 0 spiro atoms. The standard InChI is InChI=1S/C29H24ClF7N6O4S2/c30-23-22-25(40-24(39-23)15-2-3-15)41-27(48-22)42-9-10-43(49(44,45)17-6-4-16(5-7-17)28(32,33)34)19(13-42)21-26(46-21)38-12-14-1-8-20(18(31)11-14)47-29(35,36)37/h1,4-8,11,15,19,21,26,38H,2-3,9-10,12-13H2/t19-,21?,26?/m1/s1. The Morgan fingerprint density at radius 2 is 1.76 bits per heavy atom. The first-order valence-corrected chi connectivity index (χ1v) is 17.4. The highest BCUT2D eigenvalue weighted by Crippen LogP contribution is 2.42. The van der Waals surface area contributed by atoms with Gasteiger partial charge in [0, 0.05) is 32.1 Å². The molecule has 2 saturated heterocycles. The number of hydrogen-bond donors (Lipinski definition) is 1. The molecular formula is C29H24ClF7N6O4S2. The van der Waals surface area contributed by atoms with Crippen molar-refractivity contribution in [3.05, 3.63) is 70.4 Å². The molecule has 1 saturated carbocycles. The van der Waals surface area contributed by atoms with Crippen LogP contribution in [0.1, 0.15) is 35.7 Å². The Hall–Kier alpha value is -3.36. The largest absolute Gasteiger partial charge is 0.573 e. The third-order valence-corrected chi connectivity index (χ3v) is 11.7. The van der Waals surface area contributed by atoms with E-state index in [1.807, 2.05) is 4.90 Å². The van der Waals surface area contributed by atoms with Gasteiger partial charge in [0.1, 0.15) is 22.9 Å². The maximum absolute atomic E-state index is 14.2. The van der Waals surface area contributed by atoms with Gasteiger partial charge in [-0.25, -0.2) is 22.8 Å². The van der Waals surface area contributed by atoms with E-state index in [-0.39, 0.29) is 47.7 Å². The van der Waals surface area contributed by atoms with E-state index in [1.165, 1.54) is 21.7 Å². The van der Waals surface area contributed by atoms with Crippen LogP contribution in [0.15, 0.2) is 47.4 Å². The van der Waals surface area contributed by atoms with Crippen LogP contribution in [0.5, 0.6) is 5.75 Å². The van der Waals surface area contributed by atoms with Gasteiger partial charge in [0.05, 0.1) is 16.5 Å². The molecule has 0 bridgehead atoms. The topological polar surface area (TPSA) is 113 Å². The van der Waals surface area contributed by atoms with Crippen molar-refractivity contribution >= 4 is 48.4 Å². The van der Waals surface area contributed by atoms with Crippen molar-refractivity contribution in [2.24, 2.45) is 0 Å². The number of alkyl halides is 6. The van der Waals surface area contributed by atoms with Gasteiger partial charge in [-0.2, -0.15) is 22.5 Å². The van der Waals surface area contributed by atoms with Gasteiger partial charge >= 0.3 is 12.5 Å². The second-order valence-electron chi connectivity index (χ2n) is 11.7. The van der Waals surface area contributed by atoms with Gasteiger partial charge < -0.3 is 14.4 Å². The summed E-state index contributed by atoms with van der Waals surface area (Å²) in [7, 11) is -4.32. The minimum atomic E-state index is -5.07. The molecule has 3 aliphatic rings. The number of epoxide rings is 1. The molecule has 20 heteroatoms. The highest BCUT2D eigenvalue weighted by Gasteiger charge is 2.52. The fourth-order valence-corrected chi connectivity index (χ4v) is 8.43. The van der Waals surface area contributed by atoms with Crippen molar-refractivity contribution in [1.82, 2.24) is 24.6 Å². The van der Waals surface area contributed by atoms with Crippen molar-refractivity contribution in [2.45, 2.75) is 61.1 Å². The van der Waals surface area contributed by atoms with Crippen LogP contribution in [-0.4, -0.2) is 72.0 Å². The molecule has 49 heavy (non-hydrogen) atoms. The van der Waals surface area contributed by atoms with Gasteiger partial charge in [-0.1, -0.05) is 29.0 Å². The van der Waals surface area contributed by atoms with Crippen LogP contribution in [0.2, 0.25) is 5.15 Å². The lowest BCUT2D eigenvalue weighted by molar-refractivity contribution is -0.275. The predicted molar refractivity (Wildman–Crippen MR) is 162 cm³/mol. The Morgan fingerprint density at radius 3 is 2.41 bits per heavy atom. The van der Waals surface area contributed by atoms with Crippen molar-refractivity contribution in [2.75, 3.05) is 24.5 Å². The second kappa shape index (κ2) is 12.4. The summed E-state index contributed by atoms with van der Waals surface area (Å²) in [6.07, 6.45) is -9.32. The quantitative estimate of drug-likeness (QED) is 0.124. The summed E-state index contributed by atoms with van der Waals surface area (Å²) >= 11 is 7.69. The summed E-state index contributed by atoms with van der Waals surface area (Å²) < 4.78 is 130. The lowest BCUT2D eigenvalue weighted by Crippen LogP contribution is -2.58. The highest BCUT2D eigenvalue weighted by molar-refractivity contribution is 7.89. The number of ether oxygens (including phenoxy) is 2. The molecule has 0 amide bonds. The van der Waals surface area contributed by atoms with Gasteiger partial charge in [-0.15, -0.1) is 13.2 Å². The Labute approximate surface area is 282 Å². The monoisotopic (exact) mass is 752 g/mol. The first kappa shape index (κ1) is 34.1. The molecule has 1 N–H and O–H groups in total. The smallest absolute Gasteiger partial charge is 0.403 e. The normalized spacial score (nSPS) is 22.1. The first-order valence-electron chi connectivity index (χ1n) is 14.8. The lowest BCUT2D eigenvalue weighted by Gasteiger charge is -2.40. The Balaban J connectivity index is 1.12. The van der Waals surface area contributed by atoms with E-state index in [9.17, 15) is 39.2 Å². The average Bonchev–Trinajstić information content (AvgIpc) is 3.97. The van der Waals surface area contributed by atoms with Crippen molar-refractivity contribution in [3.8, 4) is 5.75 Å². The Morgan fingerprint density at radius 1 is 1.02 bits per heavy atom. The molecule has 3 atom stereocenters. The van der Waals surface area contributed by atoms with Gasteiger partial charge in [-0.3, -0.25) is 5.32 Å². The number of nitrogens with one attached hydrogen (secondary N) is 1. The molecule has 2 aliphatic heterocycles. The fourth-order valence-electron chi connectivity index (χ4n) is 5.60. The van der Waals surface area contributed by atoms with Gasteiger partial charge in [0.2, 0.25) is 10.0 Å². The van der Waals surface area contributed by atoms with Crippen molar-refractivity contribution in [1.29, 1.82) is 0 Å². The molecule has 7 rings (SSSR count). The van der Waals surface area contributed by atoms with Crippen molar-refractivity contribution < 1.29 is 48.6 Å². The minimum Gasteiger partial charge on any atom is -0.403 e. The predicted octanol–water partition coefficient (Wildman–Crippen LogP) is 6.07. The number of benzene rings is 2. The van der Waals surface area contributed by atoms with E-state index >= 15 is 0 Å². The zero-order chi connectivity index (χ0) is 34.9. The third kappa shape index (κ3) is 7.27. The molecule has 262 valence electrons.